The molecule has 0 aliphatic heterocycles. The summed E-state index contributed by atoms with van der Waals surface area (Å²) in [4.78, 5) is 4.81. The van der Waals surface area contributed by atoms with Crippen LogP contribution in [0.25, 0.3) is 5.69 Å². The fraction of sp³-hybridized carbons (Fsp3) is 0.421. The molecule has 0 unspecified atom stereocenters. The minimum Gasteiger partial charge on any atom is -0.494 e. The van der Waals surface area contributed by atoms with E-state index in [4.69, 9.17) is 14.8 Å². The first-order valence-corrected chi connectivity index (χ1v) is 8.65. The first-order valence-electron chi connectivity index (χ1n) is 8.65. The van der Waals surface area contributed by atoms with Crippen LogP contribution in [-0.2, 0) is 12.8 Å². The van der Waals surface area contributed by atoms with Crippen LogP contribution in [0.15, 0.2) is 42.7 Å². The average Bonchev–Trinajstić information content (AvgIpc) is 3.24. The second-order valence-electron chi connectivity index (χ2n) is 6.67. The van der Waals surface area contributed by atoms with Gasteiger partial charge in [0.2, 0.25) is 0 Å². The molecule has 1 atom stereocenters. The van der Waals surface area contributed by atoms with Gasteiger partial charge in [0.05, 0.1) is 13.2 Å². The smallest absolute Gasteiger partial charge is 0.151 e. The molecular formula is C19H25N5O. The first-order chi connectivity index (χ1) is 12.1. The quantitative estimate of drug-likeness (QED) is 0.661. The molecule has 2 heterocycles. The van der Waals surface area contributed by atoms with Gasteiger partial charge in [0.15, 0.2) is 5.82 Å². The van der Waals surface area contributed by atoms with Crippen molar-refractivity contribution in [2.45, 2.75) is 39.7 Å². The molecule has 0 radical (unpaired) electrons. The minimum absolute atomic E-state index is 0.194. The summed E-state index contributed by atoms with van der Waals surface area (Å²) in [5.41, 5.74) is 0.912. The molecule has 0 aliphatic rings. The van der Waals surface area contributed by atoms with Crippen LogP contribution < -0.4 is 4.74 Å². The van der Waals surface area contributed by atoms with E-state index in [9.17, 15) is 0 Å². The largest absolute Gasteiger partial charge is 0.494 e. The van der Waals surface area contributed by atoms with Gasteiger partial charge in [0, 0.05) is 25.2 Å². The first kappa shape index (κ1) is 17.2. The van der Waals surface area contributed by atoms with E-state index < -0.39 is 0 Å². The van der Waals surface area contributed by atoms with Crippen molar-refractivity contribution in [1.82, 2.24) is 24.5 Å². The number of para-hydroxylation sites is 2. The van der Waals surface area contributed by atoms with E-state index in [0.717, 1.165) is 35.9 Å². The Morgan fingerprint density at radius 3 is 2.56 bits per heavy atom. The lowest BCUT2D eigenvalue weighted by atomic mass is 10.1. The van der Waals surface area contributed by atoms with Crippen LogP contribution in [0.5, 0.6) is 5.75 Å². The maximum Gasteiger partial charge on any atom is 0.151 e. The molecule has 0 N–H and O–H groups in total. The Kier molecular flexibility index (Phi) is 5.16. The van der Waals surface area contributed by atoms with Gasteiger partial charge in [-0.15, -0.1) is 0 Å². The van der Waals surface area contributed by atoms with E-state index in [0.29, 0.717) is 5.92 Å². The highest BCUT2D eigenvalue weighted by molar-refractivity contribution is 5.46. The highest BCUT2D eigenvalue weighted by Gasteiger charge is 2.18. The third kappa shape index (κ3) is 3.90. The molecule has 3 rings (SSSR count). The average molecular weight is 339 g/mol. The Bertz CT molecular complexity index is 807. The summed E-state index contributed by atoms with van der Waals surface area (Å²) in [6.07, 6.45) is 5.37. The fourth-order valence-corrected chi connectivity index (χ4v) is 2.87. The van der Waals surface area contributed by atoms with Crippen molar-refractivity contribution in [2.75, 3.05) is 7.11 Å². The maximum atomic E-state index is 5.52. The van der Waals surface area contributed by atoms with E-state index in [1.165, 1.54) is 0 Å². The summed E-state index contributed by atoms with van der Waals surface area (Å²) in [7, 11) is 1.68. The number of rotatable bonds is 7. The Hall–Kier alpha value is -2.63. The molecule has 2 aromatic heterocycles. The summed E-state index contributed by atoms with van der Waals surface area (Å²) in [6, 6.07) is 10.0. The van der Waals surface area contributed by atoms with Crippen molar-refractivity contribution in [3.63, 3.8) is 0 Å². The molecule has 6 heteroatoms. The van der Waals surface area contributed by atoms with Crippen LogP contribution in [0.3, 0.4) is 0 Å². The van der Waals surface area contributed by atoms with Gasteiger partial charge in [0.25, 0.3) is 0 Å². The van der Waals surface area contributed by atoms with Crippen LogP contribution in [-0.4, -0.2) is 31.7 Å². The molecule has 0 fully saturated rings. The standard InChI is InChI=1S/C19H25N5O/c1-14(2)12-18-21-19(13-15(3)23-11-7-10-20-23)24(22-18)16-8-5-6-9-17(16)25-4/h5-11,14-15H,12-13H2,1-4H3/t15-/m1/s1. The summed E-state index contributed by atoms with van der Waals surface area (Å²) < 4.78 is 9.38. The Morgan fingerprint density at radius 2 is 1.88 bits per heavy atom. The third-order valence-corrected chi connectivity index (χ3v) is 4.08. The van der Waals surface area contributed by atoms with Gasteiger partial charge >= 0.3 is 0 Å². The van der Waals surface area contributed by atoms with Crippen molar-refractivity contribution < 1.29 is 4.74 Å². The molecule has 3 aromatic rings. The summed E-state index contributed by atoms with van der Waals surface area (Å²) >= 11 is 0. The van der Waals surface area contributed by atoms with Crippen LogP contribution in [0, 0.1) is 5.92 Å². The number of nitrogens with zero attached hydrogens (tertiary/aromatic N) is 5. The highest BCUT2D eigenvalue weighted by atomic mass is 16.5. The molecule has 0 saturated heterocycles. The Morgan fingerprint density at radius 1 is 1.08 bits per heavy atom. The normalized spacial score (nSPS) is 12.5. The summed E-state index contributed by atoms with van der Waals surface area (Å²) in [5, 5.41) is 9.10. The van der Waals surface area contributed by atoms with Gasteiger partial charge in [-0.3, -0.25) is 4.68 Å². The van der Waals surface area contributed by atoms with Gasteiger partial charge in [0.1, 0.15) is 17.3 Å². The number of hydrogen-bond donors (Lipinski definition) is 0. The molecule has 1 aromatic carbocycles. The summed E-state index contributed by atoms with van der Waals surface area (Å²) in [5.74, 6) is 3.08. The van der Waals surface area contributed by atoms with Crippen LogP contribution in [0.2, 0.25) is 0 Å². The SMILES string of the molecule is COc1ccccc1-n1nc(CC(C)C)nc1C[C@@H](C)n1cccn1. The van der Waals surface area contributed by atoms with E-state index in [1.54, 1.807) is 13.3 Å². The lowest BCUT2D eigenvalue weighted by Crippen LogP contribution is -2.13. The van der Waals surface area contributed by atoms with Crippen LogP contribution >= 0.6 is 0 Å². The van der Waals surface area contributed by atoms with Gasteiger partial charge in [-0.25, -0.2) is 9.67 Å². The Labute approximate surface area is 148 Å². The lowest BCUT2D eigenvalue weighted by Gasteiger charge is -2.14. The predicted molar refractivity (Wildman–Crippen MR) is 97.1 cm³/mol. The zero-order chi connectivity index (χ0) is 17.8. The fourth-order valence-electron chi connectivity index (χ4n) is 2.87. The van der Waals surface area contributed by atoms with Crippen LogP contribution in [0.1, 0.15) is 38.5 Å². The zero-order valence-electron chi connectivity index (χ0n) is 15.3. The molecule has 0 spiro atoms. The number of hydrogen-bond acceptors (Lipinski definition) is 4. The number of aromatic nitrogens is 5. The topological polar surface area (TPSA) is 57.8 Å². The molecule has 0 aliphatic carbocycles. The van der Waals surface area contributed by atoms with Crippen molar-refractivity contribution in [3.05, 3.63) is 54.4 Å². The van der Waals surface area contributed by atoms with Crippen LogP contribution in [0.4, 0.5) is 0 Å². The van der Waals surface area contributed by atoms with Gasteiger partial charge < -0.3 is 4.74 Å². The van der Waals surface area contributed by atoms with Crippen molar-refractivity contribution in [2.24, 2.45) is 5.92 Å². The van der Waals surface area contributed by atoms with E-state index in [1.807, 2.05) is 45.9 Å². The van der Waals surface area contributed by atoms with Gasteiger partial charge in [-0.1, -0.05) is 26.0 Å². The van der Waals surface area contributed by atoms with Crippen molar-refractivity contribution in [3.8, 4) is 11.4 Å². The molecule has 0 bridgehead atoms. The predicted octanol–water partition coefficient (Wildman–Crippen LogP) is 3.47. The monoisotopic (exact) mass is 339 g/mol. The molecular weight excluding hydrogens is 314 g/mol. The van der Waals surface area contributed by atoms with E-state index >= 15 is 0 Å². The molecule has 25 heavy (non-hydrogen) atoms. The number of ether oxygens (including phenoxy) is 1. The molecule has 0 saturated carbocycles. The second kappa shape index (κ2) is 7.51. The number of methoxy groups -OCH3 is 1. The lowest BCUT2D eigenvalue weighted by molar-refractivity contribution is 0.410. The number of benzene rings is 1. The Balaban J connectivity index is 1.99. The second-order valence-corrected chi connectivity index (χ2v) is 6.67. The minimum atomic E-state index is 0.194. The van der Waals surface area contributed by atoms with E-state index in [2.05, 4.69) is 25.9 Å². The molecule has 0 amide bonds. The maximum absolute atomic E-state index is 5.52. The highest BCUT2D eigenvalue weighted by Crippen LogP contribution is 2.24. The van der Waals surface area contributed by atoms with E-state index in [-0.39, 0.29) is 6.04 Å². The molecule has 132 valence electrons. The zero-order valence-corrected chi connectivity index (χ0v) is 15.3. The van der Waals surface area contributed by atoms with Crippen molar-refractivity contribution in [1.29, 1.82) is 0 Å². The van der Waals surface area contributed by atoms with Gasteiger partial charge in [-0.2, -0.15) is 10.2 Å². The third-order valence-electron chi connectivity index (χ3n) is 4.08. The van der Waals surface area contributed by atoms with Crippen molar-refractivity contribution >= 4 is 0 Å². The summed E-state index contributed by atoms with van der Waals surface area (Å²) in [6.45, 7) is 6.49. The molecule has 6 nitrogen and oxygen atoms in total. The van der Waals surface area contributed by atoms with Gasteiger partial charge in [-0.05, 0) is 31.0 Å².